The number of aromatic nitrogens is 1. The number of nitrogens with zero attached hydrogens (tertiary/aromatic N) is 2. The average molecular weight is 439 g/mol. The van der Waals surface area contributed by atoms with Gasteiger partial charge in [-0.2, -0.15) is 0 Å². The van der Waals surface area contributed by atoms with Crippen LogP contribution >= 0.6 is 11.3 Å². The summed E-state index contributed by atoms with van der Waals surface area (Å²) in [6.07, 6.45) is 5.75. The van der Waals surface area contributed by atoms with Crippen LogP contribution < -0.4 is 4.74 Å². The van der Waals surface area contributed by atoms with Crippen LogP contribution in [0.3, 0.4) is 0 Å². The number of likely N-dealkylation sites (tertiary alicyclic amines) is 1. The molecular weight excluding hydrogens is 411 g/mol. The summed E-state index contributed by atoms with van der Waals surface area (Å²) in [5.41, 5.74) is 0.921. The molecule has 3 aromatic rings. The van der Waals surface area contributed by atoms with Gasteiger partial charge >= 0.3 is 0 Å². The number of fused-ring (bicyclic) bond motifs is 1. The van der Waals surface area contributed by atoms with Crippen LogP contribution in [0.4, 0.5) is 4.39 Å². The van der Waals surface area contributed by atoms with Crippen molar-refractivity contribution in [2.24, 2.45) is 5.92 Å². The van der Waals surface area contributed by atoms with E-state index in [1.54, 1.807) is 23.5 Å². The zero-order chi connectivity index (χ0) is 21.6. The maximum absolute atomic E-state index is 13.6. The monoisotopic (exact) mass is 438 g/mol. The molecule has 2 heterocycles. The van der Waals surface area contributed by atoms with Crippen molar-refractivity contribution in [1.29, 1.82) is 0 Å². The van der Waals surface area contributed by atoms with Crippen molar-refractivity contribution in [3.63, 3.8) is 0 Å². The lowest BCUT2D eigenvalue weighted by Crippen LogP contribution is -2.41. The highest BCUT2D eigenvalue weighted by atomic mass is 32.1. The average Bonchev–Trinajstić information content (AvgIpc) is 3.23. The van der Waals surface area contributed by atoms with Crippen molar-refractivity contribution in [2.45, 2.75) is 31.6 Å². The fourth-order valence-corrected chi connectivity index (χ4v) is 5.21. The molecule has 2 aromatic carbocycles. The minimum atomic E-state index is -0.371. The van der Waals surface area contributed by atoms with Crippen LogP contribution in [0.2, 0.25) is 0 Å². The number of carbonyl (C=O) groups is 1. The number of amides is 1. The van der Waals surface area contributed by atoms with Gasteiger partial charge in [-0.3, -0.25) is 4.79 Å². The molecule has 4 rings (SSSR count). The third-order valence-corrected chi connectivity index (χ3v) is 6.89. The molecule has 0 N–H and O–H groups in total. The summed E-state index contributed by atoms with van der Waals surface area (Å²) in [5.74, 6) is -0.0202. The molecule has 0 aliphatic carbocycles. The van der Waals surface area contributed by atoms with Crippen molar-refractivity contribution in [3.8, 4) is 5.75 Å². The molecule has 1 fully saturated rings. The summed E-state index contributed by atoms with van der Waals surface area (Å²) in [7, 11) is 0. The van der Waals surface area contributed by atoms with Crippen molar-refractivity contribution < 1.29 is 13.9 Å². The maximum atomic E-state index is 13.6. The number of para-hydroxylation sites is 1. The Morgan fingerprint density at radius 3 is 2.61 bits per heavy atom. The Kier molecular flexibility index (Phi) is 6.97. The molecule has 0 saturated carbocycles. The van der Waals surface area contributed by atoms with Crippen LogP contribution in [0.15, 0.2) is 61.2 Å². The Morgan fingerprint density at radius 2 is 1.90 bits per heavy atom. The van der Waals surface area contributed by atoms with Crippen molar-refractivity contribution in [3.05, 3.63) is 72.0 Å². The third-order valence-electron chi connectivity index (χ3n) is 5.77. The van der Waals surface area contributed by atoms with Gasteiger partial charge in [-0.15, -0.1) is 17.9 Å². The molecule has 4 nitrogen and oxygen atoms in total. The quantitative estimate of drug-likeness (QED) is 0.417. The van der Waals surface area contributed by atoms with Crippen LogP contribution in [0.25, 0.3) is 10.2 Å². The van der Waals surface area contributed by atoms with E-state index in [9.17, 15) is 9.18 Å². The number of allylic oxidation sites excluding steroid dienone is 1. The number of rotatable bonds is 8. The smallest absolute Gasteiger partial charge is 0.233 e. The van der Waals surface area contributed by atoms with E-state index in [-0.39, 0.29) is 23.6 Å². The van der Waals surface area contributed by atoms with Crippen LogP contribution in [-0.2, 0) is 4.79 Å². The largest absolute Gasteiger partial charge is 0.494 e. The number of thiazole rings is 1. The van der Waals surface area contributed by atoms with Gasteiger partial charge in [-0.05, 0) is 68.0 Å². The topological polar surface area (TPSA) is 42.4 Å². The Balaban J connectivity index is 1.55. The number of carbonyl (C=O) groups excluding carboxylic acids is 1. The first-order valence-corrected chi connectivity index (χ1v) is 11.6. The molecule has 1 aliphatic rings. The Bertz CT molecular complexity index is 994. The van der Waals surface area contributed by atoms with E-state index in [0.29, 0.717) is 18.8 Å². The fourth-order valence-electron chi connectivity index (χ4n) is 4.07. The summed E-state index contributed by atoms with van der Waals surface area (Å²) >= 11 is 1.58. The van der Waals surface area contributed by atoms with E-state index in [4.69, 9.17) is 9.72 Å². The standard InChI is InChI=1S/C25H27FN2O2S/c1-2-18(14-17-30-20-12-10-19(26)11-13-20)23(25(29)28-15-6-3-7-16-28)24-27-21-8-4-5-9-22(21)31-24/h2,4-5,8-13,18,23H,1,3,6-7,14-17H2/t18-,23+/m1/s1. The van der Waals surface area contributed by atoms with E-state index in [0.717, 1.165) is 41.2 Å². The van der Waals surface area contributed by atoms with E-state index in [1.807, 2.05) is 35.2 Å². The highest BCUT2D eigenvalue weighted by Crippen LogP contribution is 2.36. The fraction of sp³-hybridized carbons (Fsp3) is 0.360. The normalized spacial score (nSPS) is 16.1. The van der Waals surface area contributed by atoms with Gasteiger partial charge in [0.25, 0.3) is 0 Å². The molecular formula is C25H27FN2O2S. The maximum Gasteiger partial charge on any atom is 0.233 e. The molecule has 162 valence electrons. The van der Waals surface area contributed by atoms with E-state index < -0.39 is 0 Å². The van der Waals surface area contributed by atoms with Crippen LogP contribution in [0.5, 0.6) is 5.75 Å². The molecule has 1 aromatic heterocycles. The van der Waals surface area contributed by atoms with Gasteiger partial charge in [0.1, 0.15) is 16.6 Å². The predicted octanol–water partition coefficient (Wildman–Crippen LogP) is 5.80. The lowest BCUT2D eigenvalue weighted by molar-refractivity contribution is -0.134. The number of piperidine rings is 1. The predicted molar refractivity (Wildman–Crippen MR) is 123 cm³/mol. The van der Waals surface area contributed by atoms with Crippen molar-refractivity contribution in [2.75, 3.05) is 19.7 Å². The van der Waals surface area contributed by atoms with Gasteiger partial charge in [-0.1, -0.05) is 18.2 Å². The molecule has 1 aliphatic heterocycles. The molecule has 31 heavy (non-hydrogen) atoms. The zero-order valence-electron chi connectivity index (χ0n) is 17.5. The van der Waals surface area contributed by atoms with Gasteiger partial charge in [0.05, 0.1) is 22.7 Å². The minimum Gasteiger partial charge on any atom is -0.494 e. The second-order valence-corrected chi connectivity index (χ2v) is 8.94. The van der Waals surface area contributed by atoms with Crippen molar-refractivity contribution in [1.82, 2.24) is 9.88 Å². The van der Waals surface area contributed by atoms with Gasteiger partial charge in [0, 0.05) is 13.1 Å². The van der Waals surface area contributed by atoms with Gasteiger partial charge in [0.2, 0.25) is 5.91 Å². The third kappa shape index (κ3) is 5.13. The number of ether oxygens (including phenoxy) is 1. The number of benzene rings is 2. The lowest BCUT2D eigenvalue weighted by atomic mass is 9.88. The summed E-state index contributed by atoms with van der Waals surface area (Å²) in [6, 6.07) is 14.0. The molecule has 1 saturated heterocycles. The minimum absolute atomic E-state index is 0.101. The first-order chi connectivity index (χ1) is 15.2. The Hall–Kier alpha value is -2.73. The SMILES string of the molecule is C=C[C@H](CCOc1ccc(F)cc1)[C@H](C(=O)N1CCCCC1)c1nc2ccccc2s1. The molecule has 1 amide bonds. The van der Waals surface area contributed by atoms with Crippen molar-refractivity contribution >= 4 is 27.5 Å². The first kappa shape index (κ1) is 21.5. The highest BCUT2D eigenvalue weighted by molar-refractivity contribution is 7.18. The number of hydrogen-bond acceptors (Lipinski definition) is 4. The molecule has 6 heteroatoms. The zero-order valence-corrected chi connectivity index (χ0v) is 18.3. The summed E-state index contributed by atoms with van der Waals surface area (Å²) < 4.78 is 20.0. The summed E-state index contributed by atoms with van der Waals surface area (Å²) in [6.45, 7) is 6.04. The molecule has 0 spiro atoms. The van der Waals surface area contributed by atoms with Crippen LogP contribution in [-0.4, -0.2) is 35.5 Å². The van der Waals surface area contributed by atoms with Gasteiger partial charge in [-0.25, -0.2) is 9.37 Å². The summed E-state index contributed by atoms with van der Waals surface area (Å²) in [5, 5.41) is 0.837. The molecule has 0 unspecified atom stereocenters. The summed E-state index contributed by atoms with van der Waals surface area (Å²) in [4.78, 5) is 20.4. The van der Waals surface area contributed by atoms with Gasteiger partial charge < -0.3 is 9.64 Å². The second-order valence-electron chi connectivity index (χ2n) is 7.87. The number of halogens is 1. The molecule has 0 radical (unpaired) electrons. The van der Waals surface area contributed by atoms with E-state index in [1.165, 1.54) is 18.6 Å². The molecule has 0 bridgehead atoms. The van der Waals surface area contributed by atoms with E-state index in [2.05, 4.69) is 6.58 Å². The van der Waals surface area contributed by atoms with Crippen LogP contribution in [0, 0.1) is 11.7 Å². The Labute approximate surface area is 186 Å². The highest BCUT2D eigenvalue weighted by Gasteiger charge is 2.34. The Morgan fingerprint density at radius 1 is 1.16 bits per heavy atom. The first-order valence-electron chi connectivity index (χ1n) is 10.8. The lowest BCUT2D eigenvalue weighted by Gasteiger charge is -2.32. The van der Waals surface area contributed by atoms with Gasteiger partial charge in [0.15, 0.2) is 0 Å². The second kappa shape index (κ2) is 10.1. The van der Waals surface area contributed by atoms with Crippen LogP contribution in [0.1, 0.15) is 36.6 Å². The number of hydrogen-bond donors (Lipinski definition) is 0. The molecule has 2 atom stereocenters. The van der Waals surface area contributed by atoms with E-state index >= 15 is 0 Å².